The van der Waals surface area contributed by atoms with E-state index in [-0.39, 0.29) is 24.6 Å². The first kappa shape index (κ1) is 20.0. The first-order valence-electron chi connectivity index (χ1n) is 8.45. The third kappa shape index (κ3) is 5.57. The van der Waals surface area contributed by atoms with Gasteiger partial charge in [0.2, 0.25) is 5.91 Å². The van der Waals surface area contributed by atoms with E-state index in [1.165, 1.54) is 24.1 Å². The second-order valence-electron chi connectivity index (χ2n) is 6.33. The third-order valence-electron chi connectivity index (χ3n) is 4.12. The van der Waals surface area contributed by atoms with Gasteiger partial charge in [-0.25, -0.2) is 9.59 Å². The largest absolute Gasteiger partial charge is 0.478 e. The van der Waals surface area contributed by atoms with E-state index in [0.29, 0.717) is 0 Å². The number of nitrogens with zero attached hydrogens (tertiary/aromatic N) is 1. The molecule has 0 aromatic heterocycles. The molecule has 0 unspecified atom stereocenters. The number of aryl methyl sites for hydroxylation is 2. The van der Waals surface area contributed by atoms with Gasteiger partial charge in [0, 0.05) is 19.3 Å². The Hall–Kier alpha value is -3.35. The highest BCUT2D eigenvalue weighted by molar-refractivity contribution is 5.95. The van der Waals surface area contributed by atoms with Crippen LogP contribution in [0.3, 0.4) is 0 Å². The lowest BCUT2D eigenvalue weighted by Crippen LogP contribution is -2.41. The molecule has 0 heterocycles. The molecule has 0 bridgehead atoms. The number of carboxylic acids is 1. The number of likely N-dealkylation sites (N-methyl/N-ethyl adjacent to an activating group) is 1. The van der Waals surface area contributed by atoms with Gasteiger partial charge in [-0.2, -0.15) is 0 Å². The molecule has 7 heteroatoms. The molecule has 0 saturated carbocycles. The normalized spacial score (nSPS) is 10.2. The molecule has 3 amide bonds. The summed E-state index contributed by atoms with van der Waals surface area (Å²) >= 11 is 0. The molecule has 0 aliphatic rings. The molecule has 0 atom stereocenters. The summed E-state index contributed by atoms with van der Waals surface area (Å²) in [5.41, 5.74) is 3.63. The number of aromatic carboxylic acids is 1. The third-order valence-corrected chi connectivity index (χ3v) is 4.12. The second-order valence-corrected chi connectivity index (χ2v) is 6.33. The van der Waals surface area contributed by atoms with Gasteiger partial charge in [0.25, 0.3) is 0 Å². The quantitative estimate of drug-likeness (QED) is 0.729. The molecule has 2 aromatic rings. The Balaban J connectivity index is 1.86. The van der Waals surface area contributed by atoms with E-state index < -0.39 is 12.0 Å². The fraction of sp³-hybridized carbons (Fsp3) is 0.250. The zero-order valence-corrected chi connectivity index (χ0v) is 15.6. The fourth-order valence-electron chi connectivity index (χ4n) is 2.56. The molecule has 2 aromatic carbocycles. The lowest BCUT2D eigenvalue weighted by Gasteiger charge is -2.19. The maximum atomic E-state index is 12.2. The number of anilines is 1. The zero-order chi connectivity index (χ0) is 20.0. The summed E-state index contributed by atoms with van der Waals surface area (Å²) in [6.07, 6.45) is 0. The second kappa shape index (κ2) is 8.84. The molecular formula is C20H23N3O4. The summed E-state index contributed by atoms with van der Waals surface area (Å²) in [7, 11) is 1.53. The van der Waals surface area contributed by atoms with Crippen molar-refractivity contribution < 1.29 is 19.5 Å². The number of hydrogen-bond donors (Lipinski definition) is 3. The summed E-state index contributed by atoms with van der Waals surface area (Å²) in [4.78, 5) is 36.5. The van der Waals surface area contributed by atoms with E-state index in [1.54, 1.807) is 12.1 Å². The van der Waals surface area contributed by atoms with Crippen LogP contribution in [0.2, 0.25) is 0 Å². The lowest BCUT2D eigenvalue weighted by atomic mass is 10.1. The topological polar surface area (TPSA) is 98.7 Å². The molecule has 0 aliphatic carbocycles. The van der Waals surface area contributed by atoms with Gasteiger partial charge >= 0.3 is 12.0 Å². The van der Waals surface area contributed by atoms with E-state index in [0.717, 1.165) is 22.4 Å². The summed E-state index contributed by atoms with van der Waals surface area (Å²) < 4.78 is 0. The molecular weight excluding hydrogens is 346 g/mol. The van der Waals surface area contributed by atoms with E-state index in [2.05, 4.69) is 10.6 Å². The summed E-state index contributed by atoms with van der Waals surface area (Å²) in [6, 6.07) is 11.6. The summed E-state index contributed by atoms with van der Waals surface area (Å²) in [6.45, 7) is 3.97. The minimum atomic E-state index is -1.000. The number of urea groups is 1. The van der Waals surface area contributed by atoms with Crippen molar-refractivity contribution in [1.29, 1.82) is 0 Å². The number of para-hydroxylation sites is 1. The number of benzene rings is 2. The Morgan fingerprint density at radius 3 is 2.15 bits per heavy atom. The van der Waals surface area contributed by atoms with Crippen LogP contribution in [0.15, 0.2) is 42.5 Å². The van der Waals surface area contributed by atoms with Crippen molar-refractivity contribution in [3.63, 3.8) is 0 Å². The molecule has 142 valence electrons. The molecule has 3 N–H and O–H groups in total. The molecule has 0 fully saturated rings. The minimum Gasteiger partial charge on any atom is -0.478 e. The Kier molecular flexibility index (Phi) is 6.54. The van der Waals surface area contributed by atoms with Crippen LogP contribution in [-0.2, 0) is 11.3 Å². The smallest absolute Gasteiger partial charge is 0.335 e. The average Bonchev–Trinajstić information content (AvgIpc) is 2.63. The minimum absolute atomic E-state index is 0.0858. The highest BCUT2D eigenvalue weighted by Crippen LogP contribution is 2.19. The Bertz CT molecular complexity index is 827. The molecule has 27 heavy (non-hydrogen) atoms. The molecule has 0 radical (unpaired) electrons. The summed E-state index contributed by atoms with van der Waals surface area (Å²) in [5.74, 6) is -1.28. The van der Waals surface area contributed by atoms with Gasteiger partial charge in [0.05, 0.1) is 5.56 Å². The number of rotatable bonds is 6. The standard InChI is InChI=1S/C20H23N3O4/c1-13-5-4-6-14(2)18(13)22-17(24)12-23(3)20(27)21-11-15-7-9-16(10-8-15)19(25)26/h4-10H,11-12H2,1-3H3,(H,21,27)(H,22,24)(H,25,26). The number of carboxylic acid groups (broad SMARTS) is 1. The van der Waals surface area contributed by atoms with E-state index in [1.807, 2.05) is 32.0 Å². The Morgan fingerprint density at radius 1 is 1.00 bits per heavy atom. The van der Waals surface area contributed by atoms with Gasteiger partial charge in [-0.3, -0.25) is 4.79 Å². The van der Waals surface area contributed by atoms with Crippen molar-refractivity contribution in [2.75, 3.05) is 18.9 Å². The number of nitrogens with one attached hydrogen (secondary N) is 2. The van der Waals surface area contributed by atoms with Gasteiger partial charge in [-0.05, 0) is 42.7 Å². The first-order chi connectivity index (χ1) is 12.8. The van der Waals surface area contributed by atoms with Crippen LogP contribution < -0.4 is 10.6 Å². The predicted molar refractivity (Wildman–Crippen MR) is 103 cm³/mol. The van der Waals surface area contributed by atoms with Crippen LogP contribution in [0.1, 0.15) is 27.0 Å². The highest BCUT2D eigenvalue weighted by Gasteiger charge is 2.14. The van der Waals surface area contributed by atoms with Crippen LogP contribution in [0.4, 0.5) is 10.5 Å². The van der Waals surface area contributed by atoms with Crippen molar-refractivity contribution >= 4 is 23.6 Å². The summed E-state index contributed by atoms with van der Waals surface area (Å²) in [5, 5.41) is 14.4. The Labute approximate surface area is 158 Å². The monoisotopic (exact) mass is 369 g/mol. The fourth-order valence-corrected chi connectivity index (χ4v) is 2.56. The maximum Gasteiger partial charge on any atom is 0.335 e. The van der Waals surface area contributed by atoms with Crippen LogP contribution in [0, 0.1) is 13.8 Å². The SMILES string of the molecule is Cc1cccc(C)c1NC(=O)CN(C)C(=O)NCc1ccc(C(=O)O)cc1. The molecule has 0 saturated heterocycles. The van der Waals surface area contributed by atoms with Crippen molar-refractivity contribution in [1.82, 2.24) is 10.2 Å². The van der Waals surface area contributed by atoms with Crippen molar-refractivity contribution in [3.8, 4) is 0 Å². The van der Waals surface area contributed by atoms with E-state index >= 15 is 0 Å². The van der Waals surface area contributed by atoms with E-state index in [9.17, 15) is 14.4 Å². The molecule has 7 nitrogen and oxygen atoms in total. The number of hydrogen-bond acceptors (Lipinski definition) is 3. The number of carbonyl (C=O) groups excluding carboxylic acids is 2. The molecule has 2 rings (SSSR count). The van der Waals surface area contributed by atoms with Gasteiger partial charge < -0.3 is 20.6 Å². The van der Waals surface area contributed by atoms with Crippen molar-refractivity contribution in [2.45, 2.75) is 20.4 Å². The predicted octanol–water partition coefficient (Wildman–Crippen LogP) is 2.78. The van der Waals surface area contributed by atoms with E-state index in [4.69, 9.17) is 5.11 Å². The van der Waals surface area contributed by atoms with Crippen molar-refractivity contribution in [2.24, 2.45) is 0 Å². The molecule has 0 spiro atoms. The number of amides is 3. The number of carbonyl (C=O) groups is 3. The van der Waals surface area contributed by atoms with Gasteiger partial charge in [-0.1, -0.05) is 30.3 Å². The highest BCUT2D eigenvalue weighted by atomic mass is 16.4. The van der Waals surface area contributed by atoms with Crippen molar-refractivity contribution in [3.05, 3.63) is 64.7 Å². The van der Waals surface area contributed by atoms with Gasteiger partial charge in [-0.15, -0.1) is 0 Å². The van der Waals surface area contributed by atoms with Crippen LogP contribution in [0.5, 0.6) is 0 Å². The maximum absolute atomic E-state index is 12.2. The van der Waals surface area contributed by atoms with Crippen LogP contribution in [0.25, 0.3) is 0 Å². The Morgan fingerprint density at radius 2 is 1.59 bits per heavy atom. The van der Waals surface area contributed by atoms with Gasteiger partial charge in [0.1, 0.15) is 6.54 Å². The van der Waals surface area contributed by atoms with Crippen LogP contribution in [-0.4, -0.2) is 41.5 Å². The van der Waals surface area contributed by atoms with Gasteiger partial charge in [0.15, 0.2) is 0 Å². The van der Waals surface area contributed by atoms with Crippen LogP contribution >= 0.6 is 0 Å². The molecule has 0 aliphatic heterocycles. The first-order valence-corrected chi connectivity index (χ1v) is 8.45. The average molecular weight is 369 g/mol. The zero-order valence-electron chi connectivity index (χ0n) is 15.6. The lowest BCUT2D eigenvalue weighted by molar-refractivity contribution is -0.116.